The summed E-state index contributed by atoms with van der Waals surface area (Å²) in [4.78, 5) is 4.41. The summed E-state index contributed by atoms with van der Waals surface area (Å²) < 4.78 is 2.27. The number of benzene rings is 5. The second-order valence-corrected chi connectivity index (χ2v) is 12.9. The molecule has 0 aliphatic carbocycles. The van der Waals surface area contributed by atoms with Crippen molar-refractivity contribution in [1.29, 1.82) is 0 Å². The highest BCUT2D eigenvalue weighted by Gasteiger charge is 2.37. The minimum absolute atomic E-state index is 0.324. The second-order valence-electron chi connectivity index (χ2n) is 11.4. The lowest BCUT2D eigenvalue weighted by Gasteiger charge is -2.36. The van der Waals surface area contributed by atoms with Crippen molar-refractivity contribution in [3.63, 3.8) is 0 Å². The summed E-state index contributed by atoms with van der Waals surface area (Å²) in [6.45, 7) is 7.28. The van der Waals surface area contributed by atoms with Crippen LogP contribution in [0.3, 0.4) is 0 Å². The fourth-order valence-corrected chi connectivity index (χ4v) is 7.36. The maximum Gasteiger partial charge on any atom is 0.206 e. The lowest BCUT2D eigenvalue weighted by Crippen LogP contribution is -2.46. The van der Waals surface area contributed by atoms with Gasteiger partial charge in [-0.1, -0.05) is 182 Å². The van der Waals surface area contributed by atoms with Gasteiger partial charge in [0.25, 0.3) is 0 Å². The standard InChI is InChI=1S/C26H26N2Si.C13H13B/c1-21(2)18-22-10-9-15-25(19-22)29-26(28-17-16-27-20-28,23-11-5-3-6-12-23)24-13-7-4-8-14-24;1-14(12-8-4-2-5-9-12)13-10-6-3-7-11-13/h3-17,19-21H,18H2,1-2H3;2-11H,1H3. The molecule has 0 aliphatic heterocycles. The van der Waals surface area contributed by atoms with Gasteiger partial charge in [-0.3, -0.25) is 0 Å². The van der Waals surface area contributed by atoms with Gasteiger partial charge < -0.3 is 4.57 Å². The molecule has 2 radical (unpaired) electrons. The van der Waals surface area contributed by atoms with Gasteiger partial charge in [0.15, 0.2) is 0 Å². The van der Waals surface area contributed by atoms with Gasteiger partial charge in [-0.25, -0.2) is 4.98 Å². The third-order valence-corrected chi connectivity index (χ3v) is 9.57. The Bertz CT molecular complexity index is 1560. The fourth-order valence-electron chi connectivity index (χ4n) is 5.62. The van der Waals surface area contributed by atoms with Gasteiger partial charge in [-0.15, -0.1) is 0 Å². The molecule has 0 saturated carbocycles. The largest absolute Gasteiger partial charge is 0.326 e. The first-order chi connectivity index (χ1) is 21.1. The van der Waals surface area contributed by atoms with Crippen LogP contribution < -0.4 is 16.1 Å². The van der Waals surface area contributed by atoms with Gasteiger partial charge in [0.2, 0.25) is 6.71 Å². The number of hydrogen-bond donors (Lipinski definition) is 0. The predicted octanol–water partition coefficient (Wildman–Crippen LogP) is 6.79. The molecule has 0 spiro atoms. The van der Waals surface area contributed by atoms with Crippen LogP contribution in [0.5, 0.6) is 0 Å². The maximum atomic E-state index is 4.41. The van der Waals surface area contributed by atoms with Crippen molar-refractivity contribution in [3.05, 3.63) is 181 Å². The molecule has 0 bridgehead atoms. The second kappa shape index (κ2) is 14.7. The van der Waals surface area contributed by atoms with E-state index < -0.39 is 0 Å². The van der Waals surface area contributed by atoms with Crippen LogP contribution in [0.4, 0.5) is 0 Å². The Morgan fingerprint density at radius 2 is 1.19 bits per heavy atom. The molecule has 5 aromatic carbocycles. The highest BCUT2D eigenvalue weighted by molar-refractivity contribution is 6.84. The smallest absolute Gasteiger partial charge is 0.206 e. The van der Waals surface area contributed by atoms with E-state index in [1.54, 1.807) is 0 Å². The van der Waals surface area contributed by atoms with E-state index in [4.69, 9.17) is 0 Å². The Morgan fingerprint density at radius 3 is 1.65 bits per heavy atom. The Kier molecular flexibility index (Phi) is 10.3. The average molecular weight is 575 g/mol. The molecule has 6 rings (SSSR count). The summed E-state index contributed by atoms with van der Waals surface area (Å²) in [6.07, 6.45) is 7.02. The van der Waals surface area contributed by atoms with Gasteiger partial charge >= 0.3 is 0 Å². The summed E-state index contributed by atoms with van der Waals surface area (Å²) in [6, 6.07) is 51.9. The first-order valence-electron chi connectivity index (χ1n) is 15.1. The van der Waals surface area contributed by atoms with E-state index in [9.17, 15) is 0 Å². The Labute approximate surface area is 260 Å². The third kappa shape index (κ3) is 7.52. The zero-order valence-electron chi connectivity index (χ0n) is 25.3. The van der Waals surface area contributed by atoms with E-state index in [0.29, 0.717) is 22.2 Å². The quantitative estimate of drug-likeness (QED) is 0.174. The van der Waals surface area contributed by atoms with Crippen molar-refractivity contribution in [2.75, 3.05) is 0 Å². The molecule has 0 N–H and O–H groups in total. The normalized spacial score (nSPS) is 11.1. The minimum atomic E-state index is -0.324. The Morgan fingerprint density at radius 1 is 0.674 bits per heavy atom. The predicted molar refractivity (Wildman–Crippen MR) is 185 cm³/mol. The van der Waals surface area contributed by atoms with Gasteiger partial charge in [0.05, 0.1) is 11.5 Å². The molecule has 0 amide bonds. The number of aromatic nitrogens is 2. The molecule has 0 fully saturated rings. The SMILES string of the molecule is CB(c1ccccc1)c1ccccc1.CC(C)Cc1cccc([Si]C(c2ccccc2)(c2ccccc2)n2ccnc2)c1. The zero-order chi connectivity index (χ0) is 29.9. The van der Waals surface area contributed by atoms with E-state index in [1.807, 2.05) is 12.5 Å². The van der Waals surface area contributed by atoms with Crippen molar-refractivity contribution in [3.8, 4) is 0 Å². The molecule has 0 unspecified atom stereocenters. The van der Waals surface area contributed by atoms with Gasteiger partial charge in [0.1, 0.15) is 9.52 Å². The summed E-state index contributed by atoms with van der Waals surface area (Å²) >= 11 is 0. The van der Waals surface area contributed by atoms with Crippen LogP contribution in [0.2, 0.25) is 6.82 Å². The van der Waals surface area contributed by atoms with Crippen LogP contribution in [0.1, 0.15) is 30.5 Å². The van der Waals surface area contributed by atoms with Gasteiger partial charge in [-0.05, 0) is 29.0 Å². The minimum Gasteiger partial charge on any atom is -0.326 e. The summed E-state index contributed by atoms with van der Waals surface area (Å²) in [5.74, 6) is 0.648. The molecular formula is C39H39BN2Si. The molecule has 1 heterocycles. The molecule has 1 aromatic heterocycles. The summed E-state index contributed by atoms with van der Waals surface area (Å²) in [5.41, 5.74) is 6.71. The third-order valence-electron chi connectivity index (χ3n) is 7.77. The van der Waals surface area contributed by atoms with E-state index >= 15 is 0 Å². The monoisotopic (exact) mass is 574 g/mol. The molecule has 4 heteroatoms. The van der Waals surface area contributed by atoms with Crippen molar-refractivity contribution in [1.82, 2.24) is 9.55 Å². The van der Waals surface area contributed by atoms with Crippen LogP contribution in [0.25, 0.3) is 0 Å². The van der Waals surface area contributed by atoms with Crippen LogP contribution in [-0.4, -0.2) is 25.8 Å². The molecule has 0 saturated heterocycles. The lowest BCUT2D eigenvalue weighted by atomic mass is 9.43. The highest BCUT2D eigenvalue weighted by Crippen LogP contribution is 2.33. The van der Waals surface area contributed by atoms with E-state index in [0.717, 1.165) is 6.42 Å². The van der Waals surface area contributed by atoms with Crippen LogP contribution >= 0.6 is 0 Å². The maximum absolute atomic E-state index is 4.41. The van der Waals surface area contributed by atoms with Gasteiger partial charge in [0, 0.05) is 12.4 Å². The summed E-state index contributed by atoms with van der Waals surface area (Å²) in [7, 11) is 0.531. The number of imidazole rings is 1. The zero-order valence-corrected chi connectivity index (χ0v) is 26.3. The molecule has 0 aliphatic rings. The molecular weight excluding hydrogens is 535 g/mol. The van der Waals surface area contributed by atoms with Crippen molar-refractivity contribution < 1.29 is 0 Å². The molecule has 6 aromatic rings. The van der Waals surface area contributed by atoms with Crippen LogP contribution in [-0.2, 0) is 11.6 Å². The van der Waals surface area contributed by atoms with E-state index in [2.05, 4.69) is 182 Å². The molecule has 2 nitrogen and oxygen atoms in total. The van der Waals surface area contributed by atoms with E-state index in [-0.39, 0.29) is 5.16 Å². The molecule has 43 heavy (non-hydrogen) atoms. The number of hydrogen-bond acceptors (Lipinski definition) is 1. The fraction of sp³-hybridized carbons (Fsp3) is 0.154. The highest BCUT2D eigenvalue weighted by atomic mass is 28.2. The van der Waals surface area contributed by atoms with Crippen LogP contribution in [0, 0.1) is 5.92 Å². The Hall–Kier alpha value is -4.41. The van der Waals surface area contributed by atoms with Crippen molar-refractivity contribution in [2.24, 2.45) is 5.92 Å². The Balaban J connectivity index is 0.000000220. The molecule has 212 valence electrons. The first kappa shape index (κ1) is 30.1. The van der Waals surface area contributed by atoms with Crippen LogP contribution in [0.15, 0.2) is 164 Å². The number of rotatable bonds is 9. The topological polar surface area (TPSA) is 17.8 Å². The number of nitrogens with zero attached hydrogens (tertiary/aromatic N) is 2. The van der Waals surface area contributed by atoms with Crippen molar-refractivity contribution in [2.45, 2.75) is 32.3 Å². The first-order valence-corrected chi connectivity index (χ1v) is 16.1. The molecule has 0 atom stereocenters. The van der Waals surface area contributed by atoms with Gasteiger partial charge in [-0.2, -0.15) is 0 Å². The summed E-state index contributed by atoms with van der Waals surface area (Å²) in [5, 5.41) is 1.04. The van der Waals surface area contributed by atoms with E-state index in [1.165, 1.54) is 32.8 Å². The van der Waals surface area contributed by atoms with Crippen molar-refractivity contribution >= 4 is 32.3 Å². The lowest BCUT2D eigenvalue weighted by molar-refractivity contribution is 0.596. The average Bonchev–Trinajstić information content (AvgIpc) is 3.61.